The Morgan fingerprint density at radius 1 is 0.889 bits per heavy atom. The number of nitrogens with one attached hydrogen (secondary N) is 2. The zero-order chi connectivity index (χ0) is 19.4. The first-order chi connectivity index (χ1) is 12.8. The number of benzene rings is 2. The van der Waals surface area contributed by atoms with Gasteiger partial charge in [0.15, 0.2) is 0 Å². The van der Waals surface area contributed by atoms with Crippen molar-refractivity contribution in [2.24, 2.45) is 0 Å². The van der Waals surface area contributed by atoms with Gasteiger partial charge in [0.05, 0.1) is 16.9 Å². The van der Waals surface area contributed by atoms with Gasteiger partial charge in [-0.15, -0.1) is 0 Å². The minimum absolute atomic E-state index is 0.0919. The Morgan fingerprint density at radius 2 is 1.56 bits per heavy atom. The van der Waals surface area contributed by atoms with Crippen molar-refractivity contribution in [3.63, 3.8) is 0 Å². The van der Waals surface area contributed by atoms with E-state index in [2.05, 4.69) is 20.6 Å². The standard InChI is InChI=1S/C20H19F3N4/c1-13(2)24-18-12-17(14-8-4-3-5-9-14)26-19(27-18)25-16-11-7-6-10-15(16)20(21,22)23/h3-13H,1-2H3,(H2,24,25,26,27). The van der Waals surface area contributed by atoms with E-state index in [1.165, 1.54) is 18.2 Å². The average molecular weight is 372 g/mol. The monoisotopic (exact) mass is 372 g/mol. The molecule has 3 rings (SSSR count). The third-order valence-corrected chi connectivity index (χ3v) is 3.71. The Bertz CT molecular complexity index is 909. The van der Waals surface area contributed by atoms with E-state index < -0.39 is 11.7 Å². The summed E-state index contributed by atoms with van der Waals surface area (Å²) in [5.41, 5.74) is 0.599. The van der Waals surface area contributed by atoms with E-state index in [0.29, 0.717) is 11.5 Å². The molecule has 0 unspecified atom stereocenters. The van der Waals surface area contributed by atoms with Crippen LogP contribution in [0.3, 0.4) is 0 Å². The van der Waals surface area contributed by atoms with E-state index in [9.17, 15) is 13.2 Å². The van der Waals surface area contributed by atoms with Crippen molar-refractivity contribution >= 4 is 17.5 Å². The summed E-state index contributed by atoms with van der Waals surface area (Å²) < 4.78 is 39.8. The van der Waals surface area contributed by atoms with Gasteiger partial charge in [0.2, 0.25) is 5.95 Å². The molecule has 0 radical (unpaired) electrons. The summed E-state index contributed by atoms with van der Waals surface area (Å²) in [7, 11) is 0. The highest BCUT2D eigenvalue weighted by molar-refractivity contribution is 5.67. The van der Waals surface area contributed by atoms with Crippen LogP contribution in [0.15, 0.2) is 60.7 Å². The lowest BCUT2D eigenvalue weighted by atomic mass is 10.1. The Balaban J connectivity index is 2.03. The van der Waals surface area contributed by atoms with Gasteiger partial charge in [0.25, 0.3) is 0 Å². The number of hydrogen-bond donors (Lipinski definition) is 2. The minimum Gasteiger partial charge on any atom is -0.368 e. The summed E-state index contributed by atoms with van der Waals surface area (Å²) in [5.74, 6) is 0.627. The highest BCUT2D eigenvalue weighted by Crippen LogP contribution is 2.35. The topological polar surface area (TPSA) is 49.8 Å². The number of hydrogen-bond acceptors (Lipinski definition) is 4. The van der Waals surface area contributed by atoms with E-state index in [0.717, 1.165) is 11.6 Å². The highest BCUT2D eigenvalue weighted by Gasteiger charge is 2.33. The maximum Gasteiger partial charge on any atom is 0.418 e. The second-order valence-corrected chi connectivity index (χ2v) is 6.30. The summed E-state index contributed by atoms with van der Waals surface area (Å²) in [6, 6.07) is 16.5. The Hall–Kier alpha value is -3.09. The van der Waals surface area contributed by atoms with Crippen LogP contribution in [0.4, 0.5) is 30.6 Å². The average Bonchev–Trinajstić information content (AvgIpc) is 2.61. The molecule has 0 aliphatic heterocycles. The maximum absolute atomic E-state index is 13.3. The first-order valence-electron chi connectivity index (χ1n) is 8.47. The fraction of sp³-hybridized carbons (Fsp3) is 0.200. The van der Waals surface area contributed by atoms with Gasteiger partial charge in [-0.25, -0.2) is 4.98 Å². The van der Waals surface area contributed by atoms with Crippen LogP contribution < -0.4 is 10.6 Å². The Labute approximate surface area is 155 Å². The summed E-state index contributed by atoms with van der Waals surface area (Å²) in [4.78, 5) is 8.72. The molecular formula is C20H19F3N4. The van der Waals surface area contributed by atoms with Gasteiger partial charge in [-0.2, -0.15) is 18.2 Å². The lowest BCUT2D eigenvalue weighted by molar-refractivity contribution is -0.136. The van der Waals surface area contributed by atoms with E-state index >= 15 is 0 Å². The zero-order valence-corrected chi connectivity index (χ0v) is 14.9. The lowest BCUT2D eigenvalue weighted by Crippen LogP contribution is -2.13. The number of nitrogens with zero attached hydrogens (tertiary/aromatic N) is 2. The third kappa shape index (κ3) is 4.75. The molecule has 0 amide bonds. The molecule has 2 N–H and O–H groups in total. The SMILES string of the molecule is CC(C)Nc1cc(-c2ccccc2)nc(Nc2ccccc2C(F)(F)F)n1. The van der Waals surface area contributed by atoms with E-state index in [4.69, 9.17) is 0 Å². The number of alkyl halides is 3. The predicted octanol–water partition coefficient (Wildman–Crippen LogP) is 5.73. The normalized spacial score (nSPS) is 11.5. The lowest BCUT2D eigenvalue weighted by Gasteiger charge is -2.16. The van der Waals surface area contributed by atoms with Gasteiger partial charge in [-0.05, 0) is 26.0 Å². The molecule has 0 spiro atoms. The van der Waals surface area contributed by atoms with Crippen LogP contribution >= 0.6 is 0 Å². The fourth-order valence-electron chi connectivity index (χ4n) is 2.59. The van der Waals surface area contributed by atoms with Crippen LogP contribution in [0.1, 0.15) is 19.4 Å². The van der Waals surface area contributed by atoms with Crippen molar-refractivity contribution in [1.29, 1.82) is 0 Å². The zero-order valence-electron chi connectivity index (χ0n) is 14.9. The molecule has 140 valence electrons. The quantitative estimate of drug-likeness (QED) is 0.601. The summed E-state index contributed by atoms with van der Waals surface area (Å²) in [5, 5.41) is 5.89. The van der Waals surface area contributed by atoms with Crippen LogP contribution in [-0.2, 0) is 6.18 Å². The molecule has 1 aromatic heterocycles. The predicted molar refractivity (Wildman–Crippen MR) is 101 cm³/mol. The van der Waals surface area contributed by atoms with Crippen molar-refractivity contribution in [3.05, 3.63) is 66.2 Å². The molecule has 0 bridgehead atoms. The van der Waals surface area contributed by atoms with Gasteiger partial charge in [0.1, 0.15) is 5.82 Å². The minimum atomic E-state index is -4.47. The molecule has 4 nitrogen and oxygen atoms in total. The van der Waals surface area contributed by atoms with E-state index in [-0.39, 0.29) is 17.7 Å². The van der Waals surface area contributed by atoms with Gasteiger partial charge in [-0.3, -0.25) is 0 Å². The molecule has 27 heavy (non-hydrogen) atoms. The van der Waals surface area contributed by atoms with Crippen LogP contribution in [-0.4, -0.2) is 16.0 Å². The van der Waals surface area contributed by atoms with E-state index in [1.807, 2.05) is 44.2 Å². The molecule has 2 aromatic carbocycles. The largest absolute Gasteiger partial charge is 0.418 e. The summed E-state index contributed by atoms with van der Waals surface area (Å²) in [6.45, 7) is 3.91. The molecule has 1 heterocycles. The summed E-state index contributed by atoms with van der Waals surface area (Å²) in [6.07, 6.45) is -4.47. The second kappa shape index (κ2) is 7.65. The molecular weight excluding hydrogens is 353 g/mol. The molecule has 0 aliphatic rings. The van der Waals surface area contributed by atoms with Crippen molar-refractivity contribution in [2.75, 3.05) is 10.6 Å². The number of halogens is 3. The molecule has 0 aliphatic carbocycles. The second-order valence-electron chi connectivity index (χ2n) is 6.30. The van der Waals surface area contributed by atoms with E-state index in [1.54, 1.807) is 6.07 Å². The van der Waals surface area contributed by atoms with Crippen molar-refractivity contribution in [3.8, 4) is 11.3 Å². The Kier molecular flexibility index (Phi) is 5.30. The van der Waals surface area contributed by atoms with Gasteiger partial charge in [0, 0.05) is 17.7 Å². The fourth-order valence-corrected chi connectivity index (χ4v) is 2.59. The van der Waals surface area contributed by atoms with Gasteiger partial charge < -0.3 is 10.6 Å². The van der Waals surface area contributed by atoms with Crippen molar-refractivity contribution in [1.82, 2.24) is 9.97 Å². The summed E-state index contributed by atoms with van der Waals surface area (Å²) >= 11 is 0. The third-order valence-electron chi connectivity index (χ3n) is 3.71. The molecule has 0 saturated carbocycles. The van der Waals surface area contributed by atoms with Gasteiger partial charge in [-0.1, -0.05) is 42.5 Å². The first kappa shape index (κ1) is 18.7. The van der Waals surface area contributed by atoms with Crippen molar-refractivity contribution < 1.29 is 13.2 Å². The Morgan fingerprint density at radius 3 is 2.22 bits per heavy atom. The van der Waals surface area contributed by atoms with Crippen LogP contribution in [0, 0.1) is 0 Å². The molecule has 3 aromatic rings. The smallest absolute Gasteiger partial charge is 0.368 e. The molecule has 0 saturated heterocycles. The number of aromatic nitrogens is 2. The molecule has 0 fully saturated rings. The number of anilines is 3. The first-order valence-corrected chi connectivity index (χ1v) is 8.47. The maximum atomic E-state index is 13.3. The van der Waals surface area contributed by atoms with Crippen molar-refractivity contribution in [2.45, 2.75) is 26.1 Å². The number of para-hydroxylation sites is 1. The molecule has 7 heteroatoms. The van der Waals surface area contributed by atoms with Crippen LogP contribution in [0.5, 0.6) is 0 Å². The molecule has 0 atom stereocenters. The number of rotatable bonds is 5. The van der Waals surface area contributed by atoms with Crippen LogP contribution in [0.25, 0.3) is 11.3 Å². The van der Waals surface area contributed by atoms with Gasteiger partial charge >= 0.3 is 6.18 Å². The van der Waals surface area contributed by atoms with Crippen LogP contribution in [0.2, 0.25) is 0 Å². The highest BCUT2D eigenvalue weighted by atomic mass is 19.4.